The minimum atomic E-state index is 0.277. The quantitative estimate of drug-likeness (QED) is 0.512. The number of anilines is 1. The summed E-state index contributed by atoms with van der Waals surface area (Å²) < 4.78 is 0. The fourth-order valence-corrected chi connectivity index (χ4v) is 2.30. The summed E-state index contributed by atoms with van der Waals surface area (Å²) in [6, 6.07) is 12.6. The predicted octanol–water partition coefficient (Wildman–Crippen LogP) is 3.12. The molecule has 3 rings (SSSR count). The van der Waals surface area contributed by atoms with E-state index in [1.54, 1.807) is 18.2 Å². The van der Waals surface area contributed by atoms with Crippen LogP contribution >= 0.6 is 11.6 Å². The standard InChI is InChI=1S/C15H12ClN5/c16-12-4-2-1-3-10(12)14(18)11-7-9(5-6-13(11)17)15-19-8-20-21-15/h1-8,18H,17H2,(H,19,20,21). The molecule has 0 aliphatic rings. The van der Waals surface area contributed by atoms with E-state index in [9.17, 15) is 0 Å². The van der Waals surface area contributed by atoms with Crippen LogP contribution in [0.1, 0.15) is 11.1 Å². The van der Waals surface area contributed by atoms with Crippen LogP contribution < -0.4 is 5.73 Å². The van der Waals surface area contributed by atoms with Gasteiger partial charge >= 0.3 is 0 Å². The van der Waals surface area contributed by atoms with Crippen LogP contribution in [0.4, 0.5) is 5.69 Å². The lowest BCUT2D eigenvalue weighted by atomic mass is 9.98. The van der Waals surface area contributed by atoms with Crippen molar-refractivity contribution in [1.29, 1.82) is 5.41 Å². The summed E-state index contributed by atoms with van der Waals surface area (Å²) in [6.45, 7) is 0. The number of benzene rings is 2. The molecule has 0 fully saturated rings. The molecule has 5 nitrogen and oxygen atoms in total. The van der Waals surface area contributed by atoms with Gasteiger partial charge in [-0.25, -0.2) is 4.98 Å². The van der Waals surface area contributed by atoms with Crippen molar-refractivity contribution in [2.24, 2.45) is 0 Å². The van der Waals surface area contributed by atoms with E-state index < -0.39 is 0 Å². The van der Waals surface area contributed by atoms with E-state index in [1.165, 1.54) is 6.33 Å². The highest BCUT2D eigenvalue weighted by atomic mass is 35.5. The molecule has 0 aliphatic heterocycles. The second-order valence-electron chi connectivity index (χ2n) is 4.49. The molecule has 0 unspecified atom stereocenters. The third-order valence-electron chi connectivity index (χ3n) is 3.15. The Morgan fingerprint density at radius 1 is 1.14 bits per heavy atom. The van der Waals surface area contributed by atoms with E-state index >= 15 is 0 Å². The van der Waals surface area contributed by atoms with Crippen molar-refractivity contribution < 1.29 is 0 Å². The second-order valence-corrected chi connectivity index (χ2v) is 4.90. The SMILES string of the molecule is N=C(c1cc(-c2ncn[nH]2)ccc1N)c1ccccc1Cl. The van der Waals surface area contributed by atoms with Crippen LogP contribution in [-0.4, -0.2) is 20.9 Å². The second kappa shape index (κ2) is 5.38. The van der Waals surface area contributed by atoms with Gasteiger partial charge < -0.3 is 5.73 Å². The summed E-state index contributed by atoms with van der Waals surface area (Å²) in [4.78, 5) is 4.10. The molecule has 1 aromatic heterocycles. The topological polar surface area (TPSA) is 91.4 Å². The Bertz CT molecular complexity index is 796. The maximum absolute atomic E-state index is 8.36. The van der Waals surface area contributed by atoms with Gasteiger partial charge in [-0.15, -0.1) is 0 Å². The lowest BCUT2D eigenvalue weighted by Crippen LogP contribution is -2.06. The van der Waals surface area contributed by atoms with Crippen molar-refractivity contribution in [3.63, 3.8) is 0 Å². The number of H-pyrrole nitrogens is 1. The van der Waals surface area contributed by atoms with Gasteiger partial charge in [0.05, 0.1) is 5.71 Å². The van der Waals surface area contributed by atoms with Crippen molar-refractivity contribution in [1.82, 2.24) is 15.2 Å². The molecule has 2 aromatic carbocycles. The van der Waals surface area contributed by atoms with E-state index in [0.29, 0.717) is 27.7 Å². The number of nitrogens with one attached hydrogen (secondary N) is 2. The Morgan fingerprint density at radius 2 is 1.95 bits per heavy atom. The zero-order chi connectivity index (χ0) is 14.8. The highest BCUT2D eigenvalue weighted by Crippen LogP contribution is 2.25. The van der Waals surface area contributed by atoms with Gasteiger partial charge in [-0.3, -0.25) is 10.5 Å². The molecule has 0 spiro atoms. The number of hydrogen-bond donors (Lipinski definition) is 3. The smallest absolute Gasteiger partial charge is 0.155 e. The lowest BCUT2D eigenvalue weighted by molar-refractivity contribution is 1.10. The van der Waals surface area contributed by atoms with Crippen molar-refractivity contribution in [2.45, 2.75) is 0 Å². The fourth-order valence-electron chi connectivity index (χ4n) is 2.07. The first-order valence-corrected chi connectivity index (χ1v) is 6.63. The Labute approximate surface area is 126 Å². The summed E-state index contributed by atoms with van der Waals surface area (Å²) in [6.07, 6.45) is 1.44. The zero-order valence-electron chi connectivity index (χ0n) is 11.0. The molecule has 0 aliphatic carbocycles. The lowest BCUT2D eigenvalue weighted by Gasteiger charge is -2.10. The molecule has 0 bridgehead atoms. The maximum Gasteiger partial charge on any atom is 0.155 e. The fraction of sp³-hybridized carbons (Fsp3) is 0. The molecule has 0 atom stereocenters. The third-order valence-corrected chi connectivity index (χ3v) is 3.48. The van der Waals surface area contributed by atoms with E-state index in [4.69, 9.17) is 22.7 Å². The summed E-state index contributed by atoms with van der Waals surface area (Å²) in [5.41, 5.74) is 8.86. The summed E-state index contributed by atoms with van der Waals surface area (Å²) in [7, 11) is 0. The number of hydrogen-bond acceptors (Lipinski definition) is 4. The van der Waals surface area contributed by atoms with Gasteiger partial charge in [-0.05, 0) is 24.3 Å². The van der Waals surface area contributed by atoms with Crippen molar-refractivity contribution in [3.8, 4) is 11.4 Å². The van der Waals surface area contributed by atoms with Gasteiger partial charge in [0.25, 0.3) is 0 Å². The molecule has 0 radical (unpaired) electrons. The van der Waals surface area contributed by atoms with Gasteiger partial charge in [-0.2, -0.15) is 5.10 Å². The Balaban J connectivity index is 2.08. The Hall–Kier alpha value is -2.66. The average molecular weight is 298 g/mol. The van der Waals surface area contributed by atoms with Crippen molar-refractivity contribution in [2.75, 3.05) is 5.73 Å². The van der Waals surface area contributed by atoms with Crippen LogP contribution in [0, 0.1) is 5.41 Å². The van der Waals surface area contributed by atoms with Crippen LogP contribution in [-0.2, 0) is 0 Å². The van der Waals surface area contributed by atoms with Crippen LogP contribution in [0.3, 0.4) is 0 Å². The molecular weight excluding hydrogens is 286 g/mol. The highest BCUT2D eigenvalue weighted by Gasteiger charge is 2.13. The van der Waals surface area contributed by atoms with E-state index in [0.717, 1.165) is 5.56 Å². The van der Waals surface area contributed by atoms with E-state index in [1.807, 2.05) is 24.3 Å². The van der Waals surface area contributed by atoms with E-state index in [-0.39, 0.29) is 5.71 Å². The summed E-state index contributed by atoms with van der Waals surface area (Å²) in [5, 5.41) is 15.5. The van der Waals surface area contributed by atoms with Crippen molar-refractivity contribution in [3.05, 3.63) is 64.9 Å². The van der Waals surface area contributed by atoms with Crippen LogP contribution in [0.2, 0.25) is 5.02 Å². The largest absolute Gasteiger partial charge is 0.398 e. The number of aromatic amines is 1. The van der Waals surface area contributed by atoms with Gasteiger partial charge in [0, 0.05) is 27.4 Å². The molecule has 1 heterocycles. The number of nitrogens with two attached hydrogens (primary N) is 1. The van der Waals surface area contributed by atoms with Crippen LogP contribution in [0.5, 0.6) is 0 Å². The normalized spacial score (nSPS) is 10.5. The number of nitrogen functional groups attached to an aromatic ring is 1. The average Bonchev–Trinajstić information content (AvgIpc) is 3.02. The first-order valence-electron chi connectivity index (χ1n) is 6.26. The molecule has 0 saturated carbocycles. The number of nitrogens with zero attached hydrogens (tertiary/aromatic N) is 2. The minimum absolute atomic E-state index is 0.277. The first kappa shape index (κ1) is 13.3. The number of aromatic nitrogens is 3. The number of halogens is 1. The maximum atomic E-state index is 8.36. The van der Waals surface area contributed by atoms with Gasteiger partial charge in [0.15, 0.2) is 5.82 Å². The molecule has 3 aromatic rings. The van der Waals surface area contributed by atoms with Gasteiger partial charge in [0.2, 0.25) is 0 Å². The third kappa shape index (κ3) is 2.51. The van der Waals surface area contributed by atoms with E-state index in [2.05, 4.69) is 15.2 Å². The zero-order valence-corrected chi connectivity index (χ0v) is 11.7. The van der Waals surface area contributed by atoms with Crippen molar-refractivity contribution >= 4 is 23.0 Å². The molecule has 0 amide bonds. The summed E-state index contributed by atoms with van der Waals surface area (Å²) in [5.74, 6) is 0.628. The Morgan fingerprint density at radius 3 is 2.67 bits per heavy atom. The Kier molecular flexibility index (Phi) is 3.41. The molecular formula is C15H12ClN5. The highest BCUT2D eigenvalue weighted by molar-refractivity contribution is 6.35. The van der Waals surface area contributed by atoms with Gasteiger partial charge in [-0.1, -0.05) is 29.8 Å². The van der Waals surface area contributed by atoms with Gasteiger partial charge in [0.1, 0.15) is 6.33 Å². The predicted molar refractivity (Wildman–Crippen MR) is 83.6 cm³/mol. The monoisotopic (exact) mass is 297 g/mol. The molecule has 104 valence electrons. The minimum Gasteiger partial charge on any atom is -0.398 e. The number of rotatable bonds is 3. The summed E-state index contributed by atoms with van der Waals surface area (Å²) >= 11 is 6.15. The van der Waals surface area contributed by atoms with Crippen LogP contribution in [0.15, 0.2) is 48.8 Å². The molecule has 6 heteroatoms. The van der Waals surface area contributed by atoms with Crippen LogP contribution in [0.25, 0.3) is 11.4 Å². The molecule has 0 saturated heterocycles. The molecule has 21 heavy (non-hydrogen) atoms. The first-order chi connectivity index (χ1) is 10.2. The molecule has 4 N–H and O–H groups in total.